The van der Waals surface area contributed by atoms with Crippen LogP contribution < -0.4 is 0 Å². The highest BCUT2D eigenvalue weighted by molar-refractivity contribution is 5.82. The number of carbonyl (C=O) groups excluding carboxylic acids is 1. The van der Waals surface area contributed by atoms with Crippen molar-refractivity contribution in [3.8, 4) is 0 Å². The Bertz CT molecular complexity index is 332. The second-order valence-corrected chi connectivity index (χ2v) is 5.15. The van der Waals surface area contributed by atoms with Crippen molar-refractivity contribution in [3.63, 3.8) is 0 Å². The number of ether oxygens (including phenoxy) is 3. The summed E-state index contributed by atoms with van der Waals surface area (Å²) in [5.41, 5.74) is 0.978. The lowest BCUT2D eigenvalue weighted by Gasteiger charge is -2.33. The third kappa shape index (κ3) is 5.47. The molecule has 18 heavy (non-hydrogen) atoms. The van der Waals surface area contributed by atoms with Crippen molar-refractivity contribution in [2.24, 2.45) is 5.41 Å². The molecule has 0 aliphatic carbocycles. The van der Waals surface area contributed by atoms with E-state index in [0.29, 0.717) is 19.8 Å². The zero-order chi connectivity index (χ0) is 13.6. The van der Waals surface area contributed by atoms with Crippen LogP contribution in [-0.2, 0) is 19.0 Å². The molecule has 1 saturated heterocycles. The Morgan fingerprint density at radius 2 is 1.94 bits per heavy atom. The van der Waals surface area contributed by atoms with Crippen LogP contribution in [-0.4, -0.2) is 32.1 Å². The summed E-state index contributed by atoms with van der Waals surface area (Å²) in [6.45, 7) is 9.59. The van der Waals surface area contributed by atoms with E-state index in [0.717, 1.165) is 5.57 Å². The highest BCUT2D eigenvalue weighted by Crippen LogP contribution is 2.23. The van der Waals surface area contributed by atoms with Gasteiger partial charge in [-0.1, -0.05) is 19.9 Å². The van der Waals surface area contributed by atoms with E-state index in [2.05, 4.69) is 13.8 Å². The molecule has 0 bridgehead atoms. The van der Waals surface area contributed by atoms with Crippen molar-refractivity contribution < 1.29 is 19.0 Å². The predicted octanol–water partition coefficient (Wildman–Crippen LogP) is 2.45. The monoisotopic (exact) mass is 254 g/mol. The van der Waals surface area contributed by atoms with E-state index < -0.39 is 0 Å². The van der Waals surface area contributed by atoms with Crippen LogP contribution in [0, 0.1) is 5.41 Å². The van der Waals surface area contributed by atoms with Gasteiger partial charge >= 0.3 is 5.97 Å². The summed E-state index contributed by atoms with van der Waals surface area (Å²) in [4.78, 5) is 11.1. The van der Waals surface area contributed by atoms with Gasteiger partial charge in [-0.2, -0.15) is 0 Å². The first-order valence-corrected chi connectivity index (χ1v) is 6.19. The summed E-state index contributed by atoms with van der Waals surface area (Å²) < 4.78 is 15.9. The van der Waals surface area contributed by atoms with Crippen LogP contribution in [0.4, 0.5) is 0 Å². The first-order valence-electron chi connectivity index (χ1n) is 6.19. The molecule has 0 N–H and O–H groups in total. The average Bonchev–Trinajstić information content (AvgIpc) is 2.30. The fourth-order valence-electron chi connectivity index (χ4n) is 1.46. The fourth-order valence-corrected chi connectivity index (χ4v) is 1.46. The summed E-state index contributed by atoms with van der Waals surface area (Å²) >= 11 is 0. The molecule has 4 nitrogen and oxygen atoms in total. The van der Waals surface area contributed by atoms with E-state index in [4.69, 9.17) is 14.2 Å². The van der Waals surface area contributed by atoms with Crippen molar-refractivity contribution in [2.45, 2.75) is 34.0 Å². The van der Waals surface area contributed by atoms with E-state index in [1.165, 1.54) is 6.08 Å². The van der Waals surface area contributed by atoms with Gasteiger partial charge in [0.1, 0.15) is 0 Å². The normalized spacial score (nSPS) is 21.2. The molecule has 0 radical (unpaired) electrons. The van der Waals surface area contributed by atoms with Crippen LogP contribution in [0.3, 0.4) is 0 Å². The number of esters is 1. The van der Waals surface area contributed by atoms with Crippen molar-refractivity contribution in [3.05, 3.63) is 23.8 Å². The van der Waals surface area contributed by atoms with Gasteiger partial charge in [-0.3, -0.25) is 0 Å². The molecule has 0 aromatic heterocycles. The van der Waals surface area contributed by atoms with Crippen LogP contribution in [0.25, 0.3) is 0 Å². The van der Waals surface area contributed by atoms with Gasteiger partial charge in [0.2, 0.25) is 0 Å². The molecule has 1 rings (SSSR count). The lowest BCUT2D eigenvalue weighted by molar-refractivity contribution is -0.197. The molecule has 0 aromatic carbocycles. The molecule has 0 amide bonds. The fraction of sp³-hybridized carbons (Fsp3) is 0.643. The molecule has 0 spiro atoms. The third-order valence-corrected chi connectivity index (χ3v) is 2.44. The highest BCUT2D eigenvalue weighted by atomic mass is 16.7. The van der Waals surface area contributed by atoms with Gasteiger partial charge in [0.15, 0.2) is 6.29 Å². The quantitative estimate of drug-likeness (QED) is 0.439. The average molecular weight is 254 g/mol. The van der Waals surface area contributed by atoms with Crippen LogP contribution in [0.1, 0.15) is 27.7 Å². The molecule has 1 aliphatic rings. The SMILES string of the molecule is CCOC(=O)/C=C/C(C)=C/C1OCC(C)(C)CO1. The van der Waals surface area contributed by atoms with E-state index >= 15 is 0 Å². The number of rotatable bonds is 4. The van der Waals surface area contributed by atoms with Crippen LogP contribution in [0.2, 0.25) is 0 Å². The Labute approximate surface area is 109 Å². The molecule has 4 heteroatoms. The van der Waals surface area contributed by atoms with Gasteiger partial charge in [0, 0.05) is 11.5 Å². The summed E-state index contributed by atoms with van der Waals surface area (Å²) in [7, 11) is 0. The minimum atomic E-state index is -0.336. The molecular weight excluding hydrogens is 232 g/mol. The summed E-state index contributed by atoms with van der Waals surface area (Å²) in [5, 5.41) is 0. The Morgan fingerprint density at radius 3 is 2.50 bits per heavy atom. The summed E-state index contributed by atoms with van der Waals surface area (Å²) in [5.74, 6) is -0.336. The zero-order valence-corrected chi connectivity index (χ0v) is 11.6. The second kappa shape index (κ2) is 6.71. The molecule has 1 heterocycles. The Morgan fingerprint density at radius 1 is 1.33 bits per heavy atom. The third-order valence-electron chi connectivity index (χ3n) is 2.44. The topological polar surface area (TPSA) is 44.8 Å². The Kier molecular flexibility index (Phi) is 5.56. The summed E-state index contributed by atoms with van der Waals surface area (Å²) in [6, 6.07) is 0. The number of carbonyl (C=O) groups is 1. The molecule has 1 fully saturated rings. The molecule has 0 atom stereocenters. The lowest BCUT2D eigenvalue weighted by atomic mass is 9.95. The molecule has 0 unspecified atom stereocenters. The minimum Gasteiger partial charge on any atom is -0.463 e. The van der Waals surface area contributed by atoms with Gasteiger partial charge < -0.3 is 14.2 Å². The molecule has 0 saturated carbocycles. The van der Waals surface area contributed by atoms with Crippen molar-refractivity contribution >= 4 is 5.97 Å². The maximum Gasteiger partial charge on any atom is 0.330 e. The van der Waals surface area contributed by atoms with Crippen LogP contribution in [0.5, 0.6) is 0 Å². The highest BCUT2D eigenvalue weighted by Gasteiger charge is 2.27. The van der Waals surface area contributed by atoms with Crippen molar-refractivity contribution in [2.75, 3.05) is 19.8 Å². The van der Waals surface area contributed by atoms with Gasteiger partial charge in [0.05, 0.1) is 19.8 Å². The van der Waals surface area contributed by atoms with Gasteiger partial charge in [-0.25, -0.2) is 4.79 Å². The molecule has 0 aromatic rings. The Balaban J connectivity index is 2.44. The molecular formula is C14H22O4. The number of hydrogen-bond donors (Lipinski definition) is 0. The first kappa shape index (κ1) is 14.9. The predicted molar refractivity (Wildman–Crippen MR) is 69.0 cm³/mol. The first-order chi connectivity index (χ1) is 8.43. The van der Waals surface area contributed by atoms with Crippen LogP contribution >= 0.6 is 0 Å². The largest absolute Gasteiger partial charge is 0.463 e. The van der Waals surface area contributed by atoms with Crippen molar-refractivity contribution in [1.29, 1.82) is 0 Å². The maximum absolute atomic E-state index is 11.1. The van der Waals surface area contributed by atoms with Gasteiger partial charge in [-0.15, -0.1) is 0 Å². The minimum absolute atomic E-state index is 0.0685. The van der Waals surface area contributed by atoms with Gasteiger partial charge in [-0.05, 0) is 25.5 Å². The standard InChI is InChI=1S/C14H22O4/c1-5-16-12(15)7-6-11(2)8-13-17-9-14(3,4)10-18-13/h6-8,13H,5,9-10H2,1-4H3/b7-6+,11-8+. The molecule has 1 aliphatic heterocycles. The maximum atomic E-state index is 11.1. The van der Waals surface area contributed by atoms with Crippen molar-refractivity contribution in [1.82, 2.24) is 0 Å². The number of allylic oxidation sites excluding steroid dienone is 2. The smallest absolute Gasteiger partial charge is 0.330 e. The van der Waals surface area contributed by atoms with E-state index in [-0.39, 0.29) is 17.7 Å². The lowest BCUT2D eigenvalue weighted by Crippen LogP contribution is -2.36. The molecule has 102 valence electrons. The van der Waals surface area contributed by atoms with E-state index in [1.807, 2.05) is 13.0 Å². The second-order valence-electron chi connectivity index (χ2n) is 5.15. The Hall–Kier alpha value is -1.13. The zero-order valence-electron chi connectivity index (χ0n) is 11.6. The van der Waals surface area contributed by atoms with E-state index in [1.54, 1.807) is 13.0 Å². The van der Waals surface area contributed by atoms with Gasteiger partial charge in [0.25, 0.3) is 0 Å². The van der Waals surface area contributed by atoms with Crippen LogP contribution in [0.15, 0.2) is 23.8 Å². The summed E-state index contributed by atoms with van der Waals surface area (Å²) in [6.07, 6.45) is 4.63. The van der Waals surface area contributed by atoms with E-state index in [9.17, 15) is 4.79 Å². The number of hydrogen-bond acceptors (Lipinski definition) is 4.